The number of ether oxygens (including phenoxy) is 1. The minimum Gasteiger partial charge on any atom is -0.483 e. The molecular weight excluding hydrogens is 290 g/mol. The molecule has 0 atom stereocenters. The third kappa shape index (κ3) is 5.42. The highest BCUT2D eigenvalue weighted by Crippen LogP contribution is 2.18. The predicted octanol–water partition coefficient (Wildman–Crippen LogP) is 2.53. The first-order valence-corrected chi connectivity index (χ1v) is 7.74. The van der Waals surface area contributed by atoms with E-state index >= 15 is 0 Å². The number of aryl methyl sites for hydroxylation is 2. The maximum absolute atomic E-state index is 11.8. The summed E-state index contributed by atoms with van der Waals surface area (Å²) in [5.41, 5.74) is 4.14. The van der Waals surface area contributed by atoms with Gasteiger partial charge in [0.25, 0.3) is 5.91 Å². The van der Waals surface area contributed by atoms with E-state index in [0.29, 0.717) is 6.54 Å². The smallest absolute Gasteiger partial charge is 0.257 e. The fraction of sp³-hybridized carbons (Fsp3) is 0.316. The predicted molar refractivity (Wildman–Crippen MR) is 90.5 cm³/mol. The van der Waals surface area contributed by atoms with Crippen molar-refractivity contribution in [3.8, 4) is 5.75 Å². The molecule has 0 aromatic heterocycles. The molecule has 0 saturated heterocycles. The average Bonchev–Trinajstić information content (AvgIpc) is 2.56. The molecule has 122 valence electrons. The second-order valence-electron chi connectivity index (χ2n) is 5.63. The van der Waals surface area contributed by atoms with E-state index in [1.54, 1.807) is 0 Å². The van der Waals surface area contributed by atoms with Crippen LogP contribution < -0.4 is 10.1 Å². The molecule has 2 aromatic rings. The molecule has 0 fully saturated rings. The lowest BCUT2D eigenvalue weighted by atomic mass is 10.1. The van der Waals surface area contributed by atoms with Crippen LogP contribution in [0.3, 0.4) is 0 Å². The molecule has 2 N–H and O–H groups in total. The molecule has 0 saturated carbocycles. The lowest BCUT2D eigenvalue weighted by Crippen LogP contribution is -2.30. The Morgan fingerprint density at radius 3 is 2.48 bits per heavy atom. The third-order valence-corrected chi connectivity index (χ3v) is 3.64. The van der Waals surface area contributed by atoms with Crippen molar-refractivity contribution in [2.75, 3.05) is 13.2 Å². The number of hydrogen-bond donors (Lipinski definition) is 2. The molecule has 0 aliphatic heterocycles. The van der Waals surface area contributed by atoms with Gasteiger partial charge >= 0.3 is 0 Å². The average molecular weight is 313 g/mol. The van der Waals surface area contributed by atoms with Crippen LogP contribution in [0.25, 0.3) is 0 Å². The maximum atomic E-state index is 11.8. The minimum absolute atomic E-state index is 0.0216. The number of carbonyl (C=O) groups is 1. The van der Waals surface area contributed by atoms with Gasteiger partial charge < -0.3 is 15.2 Å². The number of aliphatic hydroxyl groups excluding tert-OH is 1. The molecule has 2 rings (SSSR count). The highest BCUT2D eigenvalue weighted by Gasteiger charge is 2.05. The Labute approximate surface area is 137 Å². The topological polar surface area (TPSA) is 58.6 Å². The van der Waals surface area contributed by atoms with Crippen molar-refractivity contribution in [3.63, 3.8) is 0 Å². The maximum Gasteiger partial charge on any atom is 0.257 e. The van der Waals surface area contributed by atoms with Crippen molar-refractivity contribution in [1.29, 1.82) is 0 Å². The molecule has 2 aromatic carbocycles. The van der Waals surface area contributed by atoms with Crippen molar-refractivity contribution in [2.24, 2.45) is 0 Å². The number of benzene rings is 2. The Balaban J connectivity index is 1.73. The van der Waals surface area contributed by atoms with Crippen molar-refractivity contribution in [1.82, 2.24) is 5.32 Å². The highest BCUT2D eigenvalue weighted by molar-refractivity contribution is 5.77. The second kappa shape index (κ2) is 8.34. The van der Waals surface area contributed by atoms with Crippen LogP contribution in [0.4, 0.5) is 0 Å². The zero-order valence-electron chi connectivity index (χ0n) is 13.6. The summed E-state index contributed by atoms with van der Waals surface area (Å²) in [6.07, 6.45) is 0.751. The van der Waals surface area contributed by atoms with E-state index < -0.39 is 0 Å². The van der Waals surface area contributed by atoms with Gasteiger partial charge in [0.05, 0.1) is 6.61 Å². The lowest BCUT2D eigenvalue weighted by molar-refractivity contribution is -0.123. The molecule has 0 radical (unpaired) electrons. The van der Waals surface area contributed by atoms with Crippen molar-refractivity contribution in [3.05, 3.63) is 64.7 Å². The number of nitrogens with one attached hydrogen (secondary N) is 1. The van der Waals surface area contributed by atoms with Crippen LogP contribution in [0.2, 0.25) is 0 Å². The summed E-state index contributed by atoms with van der Waals surface area (Å²) in [5.74, 6) is 0.623. The Hall–Kier alpha value is -2.33. The molecule has 0 bridgehead atoms. The summed E-state index contributed by atoms with van der Waals surface area (Å²) in [6.45, 7) is 4.59. The third-order valence-electron chi connectivity index (χ3n) is 3.64. The number of aliphatic hydroxyl groups is 1. The summed E-state index contributed by atoms with van der Waals surface area (Å²) >= 11 is 0. The van der Waals surface area contributed by atoms with E-state index in [2.05, 4.69) is 5.32 Å². The standard InChI is InChI=1S/C19H23NO3/c1-14-3-4-15(2)18(11-14)23-13-19(22)20-10-9-16-5-7-17(12-21)8-6-16/h3-8,11,21H,9-10,12-13H2,1-2H3,(H,20,22). The van der Waals surface area contributed by atoms with Gasteiger partial charge in [0.15, 0.2) is 6.61 Å². The fourth-order valence-corrected chi connectivity index (χ4v) is 2.21. The first-order valence-electron chi connectivity index (χ1n) is 7.74. The van der Waals surface area contributed by atoms with Gasteiger partial charge in [0, 0.05) is 6.54 Å². The summed E-state index contributed by atoms with van der Waals surface area (Å²) < 4.78 is 5.57. The van der Waals surface area contributed by atoms with Crippen LogP contribution in [0.5, 0.6) is 5.75 Å². The molecule has 4 heteroatoms. The lowest BCUT2D eigenvalue weighted by Gasteiger charge is -2.10. The van der Waals surface area contributed by atoms with Gasteiger partial charge in [0.1, 0.15) is 5.75 Å². The first kappa shape index (κ1) is 17.0. The van der Waals surface area contributed by atoms with Crippen LogP contribution in [-0.4, -0.2) is 24.2 Å². The zero-order chi connectivity index (χ0) is 16.7. The van der Waals surface area contributed by atoms with Crippen molar-refractivity contribution < 1.29 is 14.6 Å². The molecular formula is C19H23NO3. The van der Waals surface area contributed by atoms with Gasteiger partial charge in [-0.15, -0.1) is 0 Å². The fourth-order valence-electron chi connectivity index (χ4n) is 2.21. The number of carbonyl (C=O) groups excluding carboxylic acids is 1. The van der Waals surface area contributed by atoms with E-state index in [1.807, 2.05) is 56.3 Å². The quantitative estimate of drug-likeness (QED) is 0.826. The molecule has 0 aliphatic carbocycles. The number of amides is 1. The van der Waals surface area contributed by atoms with Crippen molar-refractivity contribution >= 4 is 5.91 Å². The summed E-state index contributed by atoms with van der Waals surface area (Å²) in [4.78, 5) is 11.8. The van der Waals surface area contributed by atoms with Crippen LogP contribution >= 0.6 is 0 Å². The van der Waals surface area contributed by atoms with Gasteiger partial charge in [-0.05, 0) is 48.6 Å². The van der Waals surface area contributed by atoms with Crippen LogP contribution in [0.1, 0.15) is 22.3 Å². The molecule has 0 aliphatic rings. The van der Waals surface area contributed by atoms with Gasteiger partial charge in [-0.25, -0.2) is 0 Å². The minimum atomic E-state index is -0.127. The molecule has 0 spiro atoms. The van der Waals surface area contributed by atoms with E-state index in [9.17, 15) is 4.79 Å². The van der Waals surface area contributed by atoms with Gasteiger partial charge in [0.2, 0.25) is 0 Å². The Bertz CT molecular complexity index is 650. The molecule has 23 heavy (non-hydrogen) atoms. The van der Waals surface area contributed by atoms with Gasteiger partial charge in [-0.1, -0.05) is 36.4 Å². The number of rotatable bonds is 7. The van der Waals surface area contributed by atoms with Gasteiger partial charge in [-0.2, -0.15) is 0 Å². The molecule has 1 amide bonds. The highest BCUT2D eigenvalue weighted by atomic mass is 16.5. The largest absolute Gasteiger partial charge is 0.483 e. The zero-order valence-corrected chi connectivity index (χ0v) is 13.6. The summed E-state index contributed by atoms with van der Waals surface area (Å²) in [6, 6.07) is 13.6. The molecule has 4 nitrogen and oxygen atoms in total. The van der Waals surface area contributed by atoms with Crippen molar-refractivity contribution in [2.45, 2.75) is 26.9 Å². The van der Waals surface area contributed by atoms with E-state index in [4.69, 9.17) is 9.84 Å². The normalized spacial score (nSPS) is 10.4. The number of hydrogen-bond acceptors (Lipinski definition) is 3. The summed E-state index contributed by atoms with van der Waals surface area (Å²) in [5, 5.41) is 11.8. The Morgan fingerprint density at radius 2 is 1.78 bits per heavy atom. The Kier molecular flexibility index (Phi) is 6.18. The molecule has 0 unspecified atom stereocenters. The van der Waals surface area contributed by atoms with E-state index in [1.165, 1.54) is 0 Å². The van der Waals surface area contributed by atoms with E-state index in [0.717, 1.165) is 34.4 Å². The van der Waals surface area contributed by atoms with Crippen LogP contribution in [0, 0.1) is 13.8 Å². The van der Waals surface area contributed by atoms with Crippen LogP contribution in [-0.2, 0) is 17.8 Å². The monoisotopic (exact) mass is 313 g/mol. The van der Waals surface area contributed by atoms with Gasteiger partial charge in [-0.3, -0.25) is 4.79 Å². The Morgan fingerprint density at radius 1 is 1.09 bits per heavy atom. The molecule has 0 heterocycles. The van der Waals surface area contributed by atoms with E-state index in [-0.39, 0.29) is 19.1 Å². The first-order chi connectivity index (χ1) is 11.1. The summed E-state index contributed by atoms with van der Waals surface area (Å²) in [7, 11) is 0. The SMILES string of the molecule is Cc1ccc(C)c(OCC(=O)NCCc2ccc(CO)cc2)c1. The second-order valence-corrected chi connectivity index (χ2v) is 5.63. The van der Waals surface area contributed by atoms with Crippen LogP contribution in [0.15, 0.2) is 42.5 Å².